The number of para-hydroxylation sites is 1. The van der Waals surface area contributed by atoms with Crippen LogP contribution in [0.3, 0.4) is 0 Å². The average molecular weight is 380 g/mol. The van der Waals surface area contributed by atoms with Crippen molar-refractivity contribution in [3.63, 3.8) is 0 Å². The van der Waals surface area contributed by atoms with E-state index in [4.69, 9.17) is 9.15 Å². The van der Waals surface area contributed by atoms with Gasteiger partial charge in [0, 0.05) is 24.4 Å². The number of hydrogen-bond donors (Lipinski definition) is 2. The molecule has 6 heteroatoms. The molecule has 1 unspecified atom stereocenters. The van der Waals surface area contributed by atoms with Crippen molar-refractivity contribution in [2.45, 2.75) is 33.4 Å². The van der Waals surface area contributed by atoms with Gasteiger partial charge in [0.15, 0.2) is 11.3 Å². The molecule has 1 heterocycles. The summed E-state index contributed by atoms with van der Waals surface area (Å²) in [6.45, 7) is 6.26. The van der Waals surface area contributed by atoms with Gasteiger partial charge in [0.1, 0.15) is 5.76 Å². The van der Waals surface area contributed by atoms with Crippen molar-refractivity contribution >= 4 is 22.8 Å². The number of nitrogens with one attached hydrogen (secondary N) is 2. The second kappa shape index (κ2) is 8.61. The molecule has 0 radical (unpaired) electrons. The van der Waals surface area contributed by atoms with Gasteiger partial charge in [0.05, 0.1) is 12.6 Å². The summed E-state index contributed by atoms with van der Waals surface area (Å²) in [5.74, 6) is 1.08. The quantitative estimate of drug-likeness (QED) is 0.650. The molecule has 0 saturated carbocycles. The zero-order valence-electron chi connectivity index (χ0n) is 16.2. The Morgan fingerprint density at radius 2 is 1.89 bits per heavy atom. The van der Waals surface area contributed by atoms with Gasteiger partial charge in [-0.3, -0.25) is 9.59 Å². The van der Waals surface area contributed by atoms with Crippen LogP contribution in [-0.2, 0) is 11.3 Å². The summed E-state index contributed by atoms with van der Waals surface area (Å²) in [5.41, 5.74) is 2.16. The van der Waals surface area contributed by atoms with Crippen LogP contribution in [0.25, 0.3) is 11.0 Å². The van der Waals surface area contributed by atoms with Gasteiger partial charge < -0.3 is 19.8 Å². The standard InChI is InChI=1S/C22H24N2O4/c1-4-27-19-7-5-6-18-12-20(28-21(18)19)14(2)24-22(26)17-10-8-16(9-11-17)13-23-15(3)25/h5-12,14H,4,13H2,1-3H3,(H,23,25)(H,24,26). The molecule has 2 amide bonds. The predicted octanol–water partition coefficient (Wildman–Crippen LogP) is 3.96. The van der Waals surface area contributed by atoms with Crippen molar-refractivity contribution in [1.82, 2.24) is 10.6 Å². The summed E-state index contributed by atoms with van der Waals surface area (Å²) in [5, 5.41) is 6.61. The van der Waals surface area contributed by atoms with Gasteiger partial charge in [-0.1, -0.05) is 24.3 Å². The smallest absolute Gasteiger partial charge is 0.251 e. The SMILES string of the molecule is CCOc1cccc2cc(C(C)NC(=O)c3ccc(CNC(C)=O)cc3)oc12. The fourth-order valence-electron chi connectivity index (χ4n) is 2.89. The molecule has 0 aliphatic carbocycles. The third-order valence-electron chi connectivity index (χ3n) is 4.36. The number of ether oxygens (including phenoxy) is 1. The molecule has 2 N–H and O–H groups in total. The number of carbonyl (C=O) groups is 2. The number of rotatable bonds is 7. The Morgan fingerprint density at radius 3 is 2.57 bits per heavy atom. The molecule has 6 nitrogen and oxygen atoms in total. The van der Waals surface area contributed by atoms with Crippen molar-refractivity contribution in [3.05, 3.63) is 65.4 Å². The first-order chi connectivity index (χ1) is 13.5. The van der Waals surface area contributed by atoms with Crippen LogP contribution >= 0.6 is 0 Å². The minimum atomic E-state index is -0.298. The minimum Gasteiger partial charge on any atom is -0.490 e. The summed E-state index contributed by atoms with van der Waals surface area (Å²) in [6.07, 6.45) is 0. The van der Waals surface area contributed by atoms with E-state index >= 15 is 0 Å². The molecule has 28 heavy (non-hydrogen) atoms. The first kappa shape index (κ1) is 19.5. The molecule has 146 valence electrons. The highest BCUT2D eigenvalue weighted by molar-refractivity contribution is 5.94. The van der Waals surface area contributed by atoms with E-state index in [2.05, 4.69) is 10.6 Å². The largest absolute Gasteiger partial charge is 0.490 e. The van der Waals surface area contributed by atoms with Crippen molar-refractivity contribution < 1.29 is 18.7 Å². The van der Waals surface area contributed by atoms with Gasteiger partial charge in [0.2, 0.25) is 5.91 Å². The van der Waals surface area contributed by atoms with Gasteiger partial charge >= 0.3 is 0 Å². The number of amides is 2. The van der Waals surface area contributed by atoms with Crippen LogP contribution < -0.4 is 15.4 Å². The second-order valence-corrected chi connectivity index (χ2v) is 6.56. The highest BCUT2D eigenvalue weighted by Gasteiger charge is 2.17. The van der Waals surface area contributed by atoms with Gasteiger partial charge in [-0.15, -0.1) is 0 Å². The van der Waals surface area contributed by atoms with Crippen molar-refractivity contribution in [1.29, 1.82) is 0 Å². The zero-order valence-corrected chi connectivity index (χ0v) is 16.2. The Morgan fingerprint density at radius 1 is 1.14 bits per heavy atom. The van der Waals surface area contributed by atoms with E-state index in [1.165, 1.54) is 6.92 Å². The summed E-state index contributed by atoms with van der Waals surface area (Å²) in [4.78, 5) is 23.5. The van der Waals surface area contributed by atoms with E-state index in [1.54, 1.807) is 12.1 Å². The topological polar surface area (TPSA) is 80.6 Å². The van der Waals surface area contributed by atoms with Crippen molar-refractivity contribution in [3.8, 4) is 5.75 Å². The molecule has 3 rings (SSSR count). The Kier molecular flexibility index (Phi) is 5.99. The van der Waals surface area contributed by atoms with Crippen LogP contribution in [0.4, 0.5) is 0 Å². The monoisotopic (exact) mass is 380 g/mol. The molecule has 0 aliphatic rings. The molecule has 2 aromatic carbocycles. The van der Waals surface area contributed by atoms with Crippen LogP contribution in [0, 0.1) is 0 Å². The number of benzene rings is 2. The lowest BCUT2D eigenvalue weighted by atomic mass is 10.1. The van der Waals surface area contributed by atoms with E-state index < -0.39 is 0 Å². The maximum Gasteiger partial charge on any atom is 0.251 e. The van der Waals surface area contributed by atoms with Gasteiger partial charge in [0.25, 0.3) is 5.91 Å². The maximum atomic E-state index is 12.5. The lowest BCUT2D eigenvalue weighted by molar-refractivity contribution is -0.119. The summed E-state index contributed by atoms with van der Waals surface area (Å²) in [7, 11) is 0. The van der Waals surface area contributed by atoms with Crippen LogP contribution in [0.15, 0.2) is 52.9 Å². The number of hydrogen-bond acceptors (Lipinski definition) is 4. The summed E-state index contributed by atoms with van der Waals surface area (Å²) in [6, 6.07) is 14.5. The van der Waals surface area contributed by atoms with Crippen LogP contribution in [0.2, 0.25) is 0 Å². The van der Waals surface area contributed by atoms with Crippen molar-refractivity contribution in [2.75, 3.05) is 6.61 Å². The summed E-state index contributed by atoms with van der Waals surface area (Å²) >= 11 is 0. The van der Waals surface area contributed by atoms with Crippen molar-refractivity contribution in [2.24, 2.45) is 0 Å². The Balaban J connectivity index is 1.69. The molecule has 1 aromatic heterocycles. The fraction of sp³-hybridized carbons (Fsp3) is 0.273. The van der Waals surface area contributed by atoms with Gasteiger partial charge in [-0.25, -0.2) is 0 Å². The van der Waals surface area contributed by atoms with Gasteiger partial charge in [-0.05, 0) is 43.7 Å². The average Bonchev–Trinajstić information content (AvgIpc) is 3.12. The number of carbonyl (C=O) groups excluding carboxylic acids is 2. The fourth-order valence-corrected chi connectivity index (χ4v) is 2.89. The predicted molar refractivity (Wildman–Crippen MR) is 107 cm³/mol. The molecule has 0 aliphatic heterocycles. The summed E-state index contributed by atoms with van der Waals surface area (Å²) < 4.78 is 11.5. The molecular formula is C22H24N2O4. The Bertz CT molecular complexity index is 976. The molecule has 3 aromatic rings. The van der Waals surface area contributed by atoms with Gasteiger partial charge in [-0.2, -0.15) is 0 Å². The Labute approximate surface area is 163 Å². The first-order valence-electron chi connectivity index (χ1n) is 9.27. The minimum absolute atomic E-state index is 0.0889. The number of furan rings is 1. The highest BCUT2D eigenvalue weighted by Crippen LogP contribution is 2.31. The number of fused-ring (bicyclic) bond motifs is 1. The van der Waals surface area contributed by atoms with E-state index in [1.807, 2.05) is 50.2 Å². The zero-order chi connectivity index (χ0) is 20.1. The molecular weight excluding hydrogens is 356 g/mol. The third kappa shape index (κ3) is 4.52. The molecule has 0 spiro atoms. The van der Waals surface area contributed by atoms with E-state index in [0.717, 1.165) is 10.9 Å². The van der Waals surface area contributed by atoms with E-state index in [-0.39, 0.29) is 17.9 Å². The molecule has 0 fully saturated rings. The normalized spacial score (nSPS) is 11.8. The van der Waals surface area contributed by atoms with E-state index in [0.29, 0.717) is 35.8 Å². The van der Waals surface area contributed by atoms with E-state index in [9.17, 15) is 9.59 Å². The first-order valence-corrected chi connectivity index (χ1v) is 9.27. The maximum absolute atomic E-state index is 12.5. The van der Waals surface area contributed by atoms with Crippen LogP contribution in [0.1, 0.15) is 48.5 Å². The third-order valence-corrected chi connectivity index (χ3v) is 4.36. The second-order valence-electron chi connectivity index (χ2n) is 6.56. The van der Waals surface area contributed by atoms with Crippen LogP contribution in [0.5, 0.6) is 5.75 Å². The molecule has 0 saturated heterocycles. The highest BCUT2D eigenvalue weighted by atomic mass is 16.5. The lowest BCUT2D eigenvalue weighted by Crippen LogP contribution is -2.26. The van der Waals surface area contributed by atoms with Crippen LogP contribution in [-0.4, -0.2) is 18.4 Å². The molecule has 1 atom stereocenters. The Hall–Kier alpha value is -3.28. The lowest BCUT2D eigenvalue weighted by Gasteiger charge is -2.12. The molecule has 0 bridgehead atoms.